The summed E-state index contributed by atoms with van der Waals surface area (Å²) in [4.78, 5) is 31.1. The van der Waals surface area contributed by atoms with Crippen LogP contribution in [0.1, 0.15) is 38.9 Å². The van der Waals surface area contributed by atoms with E-state index in [-0.39, 0.29) is 24.0 Å². The normalized spacial score (nSPS) is 10.4. The van der Waals surface area contributed by atoms with Gasteiger partial charge in [-0.1, -0.05) is 48.5 Å². The molecule has 1 N–H and O–H groups in total. The molecule has 0 aliphatic rings. The van der Waals surface area contributed by atoms with Crippen LogP contribution in [0.5, 0.6) is 0 Å². The van der Waals surface area contributed by atoms with Gasteiger partial charge in [0, 0.05) is 37.0 Å². The number of nitrogens with zero attached hydrogens (tertiary/aromatic N) is 2. The van der Waals surface area contributed by atoms with Crippen LogP contribution >= 0.6 is 0 Å². The zero-order valence-corrected chi connectivity index (χ0v) is 16.1. The van der Waals surface area contributed by atoms with E-state index in [1.807, 2.05) is 37.3 Å². The summed E-state index contributed by atoms with van der Waals surface area (Å²) in [5.41, 5.74) is 1.91. The molecule has 0 aliphatic carbocycles. The third-order valence-corrected chi connectivity index (χ3v) is 4.52. The third-order valence-electron chi connectivity index (χ3n) is 4.52. The van der Waals surface area contributed by atoms with E-state index in [1.54, 1.807) is 29.2 Å². The number of amides is 2. The molecule has 6 heteroatoms. The summed E-state index contributed by atoms with van der Waals surface area (Å²) in [6.45, 7) is 2.96. The Kier molecular flexibility index (Phi) is 6.68. The summed E-state index contributed by atoms with van der Waals surface area (Å²) in [7, 11) is 0. The highest BCUT2D eigenvalue weighted by molar-refractivity contribution is 5.98. The number of aromatic nitrogens is 1. The van der Waals surface area contributed by atoms with E-state index >= 15 is 0 Å². The Morgan fingerprint density at radius 1 is 1.03 bits per heavy atom. The van der Waals surface area contributed by atoms with Crippen molar-refractivity contribution in [3.63, 3.8) is 0 Å². The Bertz CT molecular complexity index is 992. The van der Waals surface area contributed by atoms with Crippen LogP contribution in [0.4, 0.5) is 4.39 Å². The lowest BCUT2D eigenvalue weighted by molar-refractivity contribution is 0.0752. The van der Waals surface area contributed by atoms with E-state index in [0.29, 0.717) is 24.2 Å². The van der Waals surface area contributed by atoms with Crippen LogP contribution in [0.2, 0.25) is 0 Å². The van der Waals surface area contributed by atoms with E-state index in [4.69, 9.17) is 0 Å². The smallest absolute Gasteiger partial charge is 0.270 e. The highest BCUT2D eigenvalue weighted by atomic mass is 19.1. The van der Waals surface area contributed by atoms with E-state index in [9.17, 15) is 14.0 Å². The van der Waals surface area contributed by atoms with Crippen LogP contribution in [-0.2, 0) is 13.1 Å². The van der Waals surface area contributed by atoms with Crippen molar-refractivity contribution < 1.29 is 14.0 Å². The first-order chi connectivity index (χ1) is 14.1. The number of benzene rings is 2. The van der Waals surface area contributed by atoms with Gasteiger partial charge in [0.2, 0.25) is 0 Å². The van der Waals surface area contributed by atoms with Gasteiger partial charge in [-0.25, -0.2) is 4.39 Å². The molecular weight excluding hydrogens is 369 g/mol. The van der Waals surface area contributed by atoms with Crippen LogP contribution in [0.3, 0.4) is 0 Å². The van der Waals surface area contributed by atoms with Gasteiger partial charge in [0.05, 0.1) is 0 Å². The lowest BCUT2D eigenvalue weighted by Crippen LogP contribution is -2.31. The fourth-order valence-electron chi connectivity index (χ4n) is 2.91. The van der Waals surface area contributed by atoms with Crippen molar-refractivity contribution in [3.8, 4) is 0 Å². The standard InChI is InChI=1S/C23H22FN3O2/c1-2-27(16-17-8-4-3-5-9-17)23(29)18-12-13-25-21(14-18)22(28)26-15-19-10-6-7-11-20(19)24/h3-14H,2,15-16H2,1H3,(H,26,28). The van der Waals surface area contributed by atoms with Crippen LogP contribution in [-0.4, -0.2) is 28.2 Å². The van der Waals surface area contributed by atoms with Crippen LogP contribution in [0, 0.1) is 5.82 Å². The Hall–Kier alpha value is -3.54. The largest absolute Gasteiger partial charge is 0.347 e. The van der Waals surface area contributed by atoms with Crippen molar-refractivity contribution in [2.24, 2.45) is 0 Å². The van der Waals surface area contributed by atoms with Gasteiger partial charge in [0.1, 0.15) is 11.5 Å². The topological polar surface area (TPSA) is 62.3 Å². The first-order valence-corrected chi connectivity index (χ1v) is 9.39. The number of rotatable bonds is 7. The number of pyridine rings is 1. The second-order valence-electron chi connectivity index (χ2n) is 6.51. The summed E-state index contributed by atoms with van der Waals surface area (Å²) in [5, 5.41) is 2.64. The Labute approximate surface area is 169 Å². The van der Waals surface area contributed by atoms with Gasteiger partial charge in [0.15, 0.2) is 0 Å². The maximum Gasteiger partial charge on any atom is 0.270 e. The van der Waals surface area contributed by atoms with Gasteiger partial charge < -0.3 is 10.2 Å². The van der Waals surface area contributed by atoms with Crippen molar-refractivity contribution in [1.29, 1.82) is 0 Å². The minimum atomic E-state index is -0.464. The lowest BCUT2D eigenvalue weighted by atomic mass is 10.1. The molecule has 0 atom stereocenters. The van der Waals surface area contributed by atoms with Gasteiger partial charge in [0.25, 0.3) is 11.8 Å². The van der Waals surface area contributed by atoms with Crippen LogP contribution < -0.4 is 5.32 Å². The number of nitrogens with one attached hydrogen (secondary N) is 1. The SMILES string of the molecule is CCN(Cc1ccccc1)C(=O)c1ccnc(C(=O)NCc2ccccc2F)c1. The van der Waals surface area contributed by atoms with Crippen molar-refractivity contribution in [1.82, 2.24) is 15.2 Å². The minimum absolute atomic E-state index is 0.0421. The van der Waals surface area contributed by atoms with Crippen molar-refractivity contribution >= 4 is 11.8 Å². The van der Waals surface area contributed by atoms with Gasteiger partial charge in [-0.15, -0.1) is 0 Å². The molecule has 0 fully saturated rings. The molecule has 0 spiro atoms. The zero-order valence-electron chi connectivity index (χ0n) is 16.1. The Balaban J connectivity index is 1.69. The fraction of sp³-hybridized carbons (Fsp3) is 0.174. The predicted molar refractivity (Wildman–Crippen MR) is 109 cm³/mol. The second-order valence-corrected chi connectivity index (χ2v) is 6.51. The molecule has 0 aliphatic heterocycles. The molecule has 3 aromatic rings. The summed E-state index contributed by atoms with van der Waals surface area (Å²) >= 11 is 0. The molecule has 2 aromatic carbocycles. The number of hydrogen-bond acceptors (Lipinski definition) is 3. The molecular formula is C23H22FN3O2. The quantitative estimate of drug-likeness (QED) is 0.666. The maximum absolute atomic E-state index is 13.7. The lowest BCUT2D eigenvalue weighted by Gasteiger charge is -2.21. The van der Waals surface area contributed by atoms with Gasteiger partial charge in [-0.05, 0) is 30.7 Å². The van der Waals surface area contributed by atoms with Crippen molar-refractivity contribution in [2.75, 3.05) is 6.54 Å². The van der Waals surface area contributed by atoms with E-state index < -0.39 is 5.91 Å². The Morgan fingerprint density at radius 2 is 1.76 bits per heavy atom. The highest BCUT2D eigenvalue weighted by Gasteiger charge is 2.17. The summed E-state index contributed by atoms with van der Waals surface area (Å²) in [5.74, 6) is -1.03. The molecule has 1 aromatic heterocycles. The second kappa shape index (κ2) is 9.59. The minimum Gasteiger partial charge on any atom is -0.347 e. The van der Waals surface area contributed by atoms with E-state index in [1.165, 1.54) is 18.3 Å². The molecule has 2 amide bonds. The van der Waals surface area contributed by atoms with E-state index in [0.717, 1.165) is 5.56 Å². The average molecular weight is 391 g/mol. The predicted octanol–water partition coefficient (Wildman–Crippen LogP) is 3.81. The number of carbonyl (C=O) groups is 2. The average Bonchev–Trinajstić information content (AvgIpc) is 2.77. The molecule has 0 saturated carbocycles. The number of halogens is 1. The fourth-order valence-corrected chi connectivity index (χ4v) is 2.91. The summed E-state index contributed by atoms with van der Waals surface area (Å²) in [6.07, 6.45) is 1.43. The van der Waals surface area contributed by atoms with Crippen molar-refractivity contribution in [2.45, 2.75) is 20.0 Å². The monoisotopic (exact) mass is 391 g/mol. The van der Waals surface area contributed by atoms with E-state index in [2.05, 4.69) is 10.3 Å². The maximum atomic E-state index is 13.7. The molecule has 148 valence electrons. The first-order valence-electron chi connectivity index (χ1n) is 9.39. The molecule has 0 saturated heterocycles. The van der Waals surface area contributed by atoms with Crippen LogP contribution in [0.15, 0.2) is 72.9 Å². The molecule has 0 bridgehead atoms. The summed E-state index contributed by atoms with van der Waals surface area (Å²) in [6, 6.07) is 19.0. The molecule has 0 radical (unpaired) electrons. The van der Waals surface area contributed by atoms with Crippen molar-refractivity contribution in [3.05, 3.63) is 101 Å². The first kappa shape index (κ1) is 20.2. The zero-order chi connectivity index (χ0) is 20.6. The molecule has 1 heterocycles. The Morgan fingerprint density at radius 3 is 2.48 bits per heavy atom. The third kappa shape index (κ3) is 5.25. The molecule has 0 unspecified atom stereocenters. The molecule has 5 nitrogen and oxygen atoms in total. The molecule has 3 rings (SSSR count). The number of hydrogen-bond donors (Lipinski definition) is 1. The highest BCUT2D eigenvalue weighted by Crippen LogP contribution is 2.11. The van der Waals surface area contributed by atoms with Gasteiger partial charge in [-0.2, -0.15) is 0 Å². The van der Waals surface area contributed by atoms with Gasteiger partial charge >= 0.3 is 0 Å². The van der Waals surface area contributed by atoms with Gasteiger partial charge in [-0.3, -0.25) is 14.6 Å². The summed E-state index contributed by atoms with van der Waals surface area (Å²) < 4.78 is 13.7. The molecule has 29 heavy (non-hydrogen) atoms. The number of carbonyl (C=O) groups excluding carboxylic acids is 2. The van der Waals surface area contributed by atoms with Crippen LogP contribution in [0.25, 0.3) is 0 Å².